The molecule has 0 aliphatic carbocycles. The fourth-order valence-electron chi connectivity index (χ4n) is 1.29. The number of carbonyl (C=O) groups excluding carboxylic acids is 1. The largest absolute Gasteiger partial charge is 0.416 e. The van der Waals surface area contributed by atoms with Crippen LogP contribution in [0.25, 0.3) is 6.08 Å². The summed E-state index contributed by atoms with van der Waals surface area (Å²) in [5, 5.41) is 0. The average Bonchev–Trinajstić information content (AvgIpc) is 2.12. The van der Waals surface area contributed by atoms with E-state index in [0.717, 1.165) is 12.1 Å². The molecule has 0 spiro atoms. The Morgan fingerprint density at radius 1 is 1.38 bits per heavy atom. The second-order valence-corrected chi connectivity index (χ2v) is 3.31. The van der Waals surface area contributed by atoms with E-state index in [0.29, 0.717) is 5.56 Å². The Bertz CT molecular complexity index is 435. The number of hydrogen-bond donors (Lipinski definition) is 1. The summed E-state index contributed by atoms with van der Waals surface area (Å²) in [5.41, 5.74) is 4.81. The van der Waals surface area contributed by atoms with Gasteiger partial charge in [-0.1, -0.05) is 12.1 Å². The van der Waals surface area contributed by atoms with Crippen molar-refractivity contribution in [3.05, 3.63) is 41.0 Å². The van der Waals surface area contributed by atoms with E-state index in [1.807, 2.05) is 0 Å². The van der Waals surface area contributed by atoms with E-state index in [1.54, 1.807) is 0 Å². The van der Waals surface area contributed by atoms with E-state index in [2.05, 4.69) is 0 Å². The average molecular weight is 229 g/mol. The predicted octanol–water partition coefficient (Wildman–Crippen LogP) is 2.51. The molecule has 1 rings (SSSR count). The Kier molecular flexibility index (Phi) is 3.37. The standard InChI is InChI=1S/C11H10F3NO/c1-7-6-8(3-5-10(15)16)2-4-9(7)11(12,13)14/h2-6H,1H3,(H2,15,16). The molecular formula is C11H10F3NO. The van der Waals surface area contributed by atoms with Crippen LogP contribution in [0.4, 0.5) is 13.2 Å². The Labute approximate surface area is 90.6 Å². The second-order valence-electron chi connectivity index (χ2n) is 3.31. The summed E-state index contributed by atoms with van der Waals surface area (Å²) in [4.78, 5) is 10.4. The highest BCUT2D eigenvalue weighted by atomic mass is 19.4. The normalized spacial score (nSPS) is 12.0. The molecule has 1 amide bonds. The number of halogens is 3. The van der Waals surface area contributed by atoms with Crippen LogP contribution in [-0.2, 0) is 11.0 Å². The minimum Gasteiger partial charge on any atom is -0.366 e. The van der Waals surface area contributed by atoms with Crippen molar-refractivity contribution >= 4 is 12.0 Å². The number of amides is 1. The van der Waals surface area contributed by atoms with Crippen LogP contribution in [0, 0.1) is 6.92 Å². The first-order valence-corrected chi connectivity index (χ1v) is 4.46. The molecule has 0 aliphatic heterocycles. The topological polar surface area (TPSA) is 43.1 Å². The molecule has 16 heavy (non-hydrogen) atoms. The molecule has 0 aliphatic rings. The lowest BCUT2D eigenvalue weighted by molar-refractivity contribution is -0.138. The van der Waals surface area contributed by atoms with Gasteiger partial charge in [0.15, 0.2) is 0 Å². The maximum atomic E-state index is 12.4. The smallest absolute Gasteiger partial charge is 0.366 e. The van der Waals surface area contributed by atoms with Gasteiger partial charge in [0.25, 0.3) is 0 Å². The van der Waals surface area contributed by atoms with Crippen molar-refractivity contribution in [3.63, 3.8) is 0 Å². The molecule has 0 radical (unpaired) electrons. The molecule has 5 heteroatoms. The molecule has 86 valence electrons. The lowest BCUT2D eigenvalue weighted by atomic mass is 10.0. The van der Waals surface area contributed by atoms with Crippen LogP contribution in [0.2, 0.25) is 0 Å². The Balaban J connectivity index is 3.05. The molecule has 2 nitrogen and oxygen atoms in total. The minimum absolute atomic E-state index is 0.110. The van der Waals surface area contributed by atoms with Gasteiger partial charge in [-0.05, 0) is 30.2 Å². The highest BCUT2D eigenvalue weighted by Gasteiger charge is 2.31. The summed E-state index contributed by atoms with van der Waals surface area (Å²) in [5.74, 6) is -0.641. The zero-order valence-corrected chi connectivity index (χ0v) is 8.51. The highest BCUT2D eigenvalue weighted by Crippen LogP contribution is 2.32. The molecular weight excluding hydrogens is 219 g/mol. The molecule has 1 aromatic carbocycles. The molecule has 0 bridgehead atoms. The van der Waals surface area contributed by atoms with Crippen LogP contribution in [0.1, 0.15) is 16.7 Å². The van der Waals surface area contributed by atoms with Gasteiger partial charge in [-0.2, -0.15) is 13.2 Å². The Morgan fingerprint density at radius 3 is 2.44 bits per heavy atom. The number of carbonyl (C=O) groups is 1. The molecule has 0 fully saturated rings. The van der Waals surface area contributed by atoms with Crippen molar-refractivity contribution in [3.8, 4) is 0 Å². The van der Waals surface area contributed by atoms with Gasteiger partial charge in [0.1, 0.15) is 0 Å². The number of nitrogens with two attached hydrogens (primary N) is 1. The van der Waals surface area contributed by atoms with Crippen LogP contribution in [0.5, 0.6) is 0 Å². The van der Waals surface area contributed by atoms with E-state index < -0.39 is 17.6 Å². The van der Waals surface area contributed by atoms with Crippen molar-refractivity contribution in [2.45, 2.75) is 13.1 Å². The van der Waals surface area contributed by atoms with Crippen molar-refractivity contribution < 1.29 is 18.0 Å². The van der Waals surface area contributed by atoms with Crippen LogP contribution in [0.15, 0.2) is 24.3 Å². The molecule has 0 aromatic heterocycles. The fourth-order valence-corrected chi connectivity index (χ4v) is 1.29. The zero-order chi connectivity index (χ0) is 12.3. The van der Waals surface area contributed by atoms with Crippen LogP contribution in [0.3, 0.4) is 0 Å². The fraction of sp³-hybridized carbons (Fsp3) is 0.182. The summed E-state index contributed by atoms with van der Waals surface area (Å²) in [6.07, 6.45) is -1.88. The van der Waals surface area contributed by atoms with Crippen LogP contribution in [-0.4, -0.2) is 5.91 Å². The SMILES string of the molecule is Cc1cc(C=CC(N)=O)ccc1C(F)(F)F. The highest BCUT2D eigenvalue weighted by molar-refractivity contribution is 5.90. The number of hydrogen-bond acceptors (Lipinski definition) is 1. The van der Waals surface area contributed by atoms with Crippen LogP contribution >= 0.6 is 0 Å². The first-order chi connectivity index (χ1) is 7.30. The molecule has 0 unspecified atom stereocenters. The van der Waals surface area contributed by atoms with Gasteiger partial charge < -0.3 is 5.73 Å². The predicted molar refractivity (Wildman–Crippen MR) is 54.4 cm³/mol. The number of rotatable bonds is 2. The van der Waals surface area contributed by atoms with Gasteiger partial charge >= 0.3 is 6.18 Å². The second kappa shape index (κ2) is 4.38. The molecule has 0 saturated heterocycles. The lowest BCUT2D eigenvalue weighted by Gasteiger charge is -2.10. The third-order valence-electron chi connectivity index (χ3n) is 2.00. The third kappa shape index (κ3) is 3.12. The van der Waals surface area contributed by atoms with Crippen LogP contribution < -0.4 is 5.73 Å². The van der Waals surface area contributed by atoms with Gasteiger partial charge in [0.05, 0.1) is 5.56 Å². The summed E-state index contributed by atoms with van der Waals surface area (Å²) in [7, 11) is 0. The summed E-state index contributed by atoms with van der Waals surface area (Å²) >= 11 is 0. The minimum atomic E-state index is -4.35. The summed E-state index contributed by atoms with van der Waals surface area (Å²) in [6, 6.07) is 3.62. The maximum absolute atomic E-state index is 12.4. The van der Waals surface area contributed by atoms with Gasteiger partial charge in [-0.15, -0.1) is 0 Å². The third-order valence-corrected chi connectivity index (χ3v) is 2.00. The van der Waals surface area contributed by atoms with E-state index in [4.69, 9.17) is 5.73 Å². The number of benzene rings is 1. The number of alkyl halides is 3. The Hall–Kier alpha value is -1.78. The Morgan fingerprint density at radius 2 is 2.00 bits per heavy atom. The monoisotopic (exact) mass is 229 g/mol. The van der Waals surface area contributed by atoms with E-state index in [-0.39, 0.29) is 5.56 Å². The summed E-state index contributed by atoms with van der Waals surface area (Å²) < 4.78 is 37.2. The maximum Gasteiger partial charge on any atom is 0.416 e. The molecule has 0 saturated carbocycles. The zero-order valence-electron chi connectivity index (χ0n) is 8.51. The van der Waals surface area contributed by atoms with E-state index in [9.17, 15) is 18.0 Å². The van der Waals surface area contributed by atoms with E-state index >= 15 is 0 Å². The van der Waals surface area contributed by atoms with E-state index in [1.165, 1.54) is 25.1 Å². The van der Waals surface area contributed by atoms with Crippen molar-refractivity contribution in [1.82, 2.24) is 0 Å². The molecule has 0 heterocycles. The van der Waals surface area contributed by atoms with Gasteiger partial charge in [-0.3, -0.25) is 4.79 Å². The first-order valence-electron chi connectivity index (χ1n) is 4.46. The molecule has 1 aromatic rings. The van der Waals surface area contributed by atoms with Crippen molar-refractivity contribution in [1.29, 1.82) is 0 Å². The molecule has 2 N–H and O–H groups in total. The summed E-state index contributed by atoms with van der Waals surface area (Å²) in [6.45, 7) is 1.37. The van der Waals surface area contributed by atoms with Gasteiger partial charge in [0, 0.05) is 6.08 Å². The number of aryl methyl sites for hydroxylation is 1. The van der Waals surface area contributed by atoms with Crippen molar-refractivity contribution in [2.24, 2.45) is 5.73 Å². The quantitative estimate of drug-likeness (QED) is 0.778. The lowest BCUT2D eigenvalue weighted by Crippen LogP contribution is -2.07. The van der Waals surface area contributed by atoms with Gasteiger partial charge in [-0.25, -0.2) is 0 Å². The van der Waals surface area contributed by atoms with Crippen molar-refractivity contribution in [2.75, 3.05) is 0 Å². The van der Waals surface area contributed by atoms with Gasteiger partial charge in [0.2, 0.25) is 5.91 Å². The molecule has 0 atom stereocenters. The first kappa shape index (κ1) is 12.3. The number of primary amides is 1.